The summed E-state index contributed by atoms with van der Waals surface area (Å²) in [5.74, 6) is 0.626. The molecular weight excluding hydrogens is 833 g/mol. The Morgan fingerprint density at radius 1 is 0.755 bits per heavy atom. The Hall–Kier alpha value is -4.71. The molecule has 0 N–H and O–H groups in total. The summed E-state index contributed by atoms with van der Waals surface area (Å²) >= 11 is 0. The first-order valence-electron chi connectivity index (χ1n) is 20.0. The van der Waals surface area contributed by atoms with Crippen LogP contribution in [0.5, 0.6) is 0 Å². The third-order valence-corrected chi connectivity index (χ3v) is 8.67. The first-order chi connectivity index (χ1) is 26.5. The molecule has 0 spiro atoms. The first kappa shape index (κ1) is 31.8. The summed E-state index contributed by atoms with van der Waals surface area (Å²) in [6.07, 6.45) is 1.17. The number of pyridine rings is 3. The smallest absolute Gasteiger partial charge is 0.216 e. The molecule has 1 radical (unpaired) electrons. The molecule has 0 atom stereocenters. The second-order valence-electron chi connectivity index (χ2n) is 16.2. The van der Waals surface area contributed by atoms with Crippen LogP contribution in [0.4, 0.5) is 0 Å². The number of rotatable bonds is 3. The Labute approximate surface area is 332 Å². The van der Waals surface area contributed by atoms with Gasteiger partial charge in [0.2, 0.25) is 11.6 Å². The number of fused-ring (bicyclic) bond motifs is 6. The monoisotopic (exact) mass is 884 g/mol. The molecule has 8 rings (SSSR count). The van der Waals surface area contributed by atoms with Crippen molar-refractivity contribution in [1.29, 1.82) is 0 Å². The van der Waals surface area contributed by atoms with Crippen molar-refractivity contribution in [3.8, 4) is 22.5 Å². The number of hydrogen-bond donors (Lipinski definition) is 0. The van der Waals surface area contributed by atoms with E-state index in [9.17, 15) is 0 Å². The molecule has 0 aliphatic rings. The van der Waals surface area contributed by atoms with Crippen molar-refractivity contribution < 1.29 is 35.8 Å². The molecule has 0 aliphatic carbocycles. The third-order valence-electron chi connectivity index (χ3n) is 8.67. The number of aromatic nitrogens is 4. The van der Waals surface area contributed by atoms with Gasteiger partial charge in [-0.25, -0.2) is 9.97 Å². The summed E-state index contributed by atoms with van der Waals surface area (Å²) in [6.45, 7) is 15.5. The topological polar surface area (TPSA) is 77.8 Å². The fourth-order valence-electron chi connectivity index (χ4n) is 5.99. The van der Waals surface area contributed by atoms with Crippen LogP contribution in [-0.2, 0) is 37.3 Å². The van der Waals surface area contributed by atoms with E-state index in [1.807, 2.05) is 75.5 Å². The normalized spacial score (nSPS) is 14.2. The molecule has 0 unspecified atom stereocenters. The van der Waals surface area contributed by atoms with Gasteiger partial charge in [0.15, 0.2) is 5.58 Å². The van der Waals surface area contributed by atoms with E-state index < -0.39 is 18.6 Å². The van der Waals surface area contributed by atoms with Crippen molar-refractivity contribution in [2.75, 3.05) is 0 Å². The zero-order chi connectivity index (χ0) is 41.3. The van der Waals surface area contributed by atoms with E-state index in [-0.39, 0.29) is 42.1 Å². The van der Waals surface area contributed by atoms with E-state index in [4.69, 9.17) is 25.7 Å². The SMILES string of the molecule is CC(C)(C)c1ccnc(-c2[c-]cccc2)c1.[2H]C([2H])([2H])c1cnc(-c2[c-]ccc3c2oc2nc4c(ccc5oc(C(C)(C)C)nc54)cc23)cc1C([2H])([2H])C(C)(C)C.[Ir]. The molecule has 53 heavy (non-hydrogen) atoms. The molecule has 7 heteroatoms. The van der Waals surface area contributed by atoms with Crippen LogP contribution in [0.15, 0.2) is 94.0 Å². The first-order valence-corrected chi connectivity index (χ1v) is 17.5. The van der Waals surface area contributed by atoms with Crippen molar-refractivity contribution in [3.63, 3.8) is 0 Å². The summed E-state index contributed by atoms with van der Waals surface area (Å²) in [6, 6.07) is 29.5. The van der Waals surface area contributed by atoms with Gasteiger partial charge in [0.25, 0.3) is 0 Å². The third kappa shape index (κ3) is 7.97. The van der Waals surface area contributed by atoms with Crippen LogP contribution in [0.25, 0.3) is 66.6 Å². The summed E-state index contributed by atoms with van der Waals surface area (Å²) in [7, 11) is 0. The Bertz CT molecular complexity index is 2770. The summed E-state index contributed by atoms with van der Waals surface area (Å²) in [5, 5.41) is 2.48. The maximum atomic E-state index is 8.87. The Morgan fingerprint density at radius 3 is 2.26 bits per heavy atom. The van der Waals surface area contributed by atoms with Gasteiger partial charge in [-0.15, -0.1) is 54.1 Å². The minimum Gasteiger partial charge on any atom is -0.486 e. The fraction of sp³-hybridized carbons (Fsp3) is 0.304. The summed E-state index contributed by atoms with van der Waals surface area (Å²) in [5.41, 5.74) is 6.06. The number of furan rings is 1. The number of hydrogen-bond acceptors (Lipinski definition) is 6. The van der Waals surface area contributed by atoms with Crippen LogP contribution in [0, 0.1) is 24.4 Å². The van der Waals surface area contributed by atoms with Crippen LogP contribution in [0.1, 0.15) is 91.7 Å². The van der Waals surface area contributed by atoms with Gasteiger partial charge in [0.1, 0.15) is 11.0 Å². The van der Waals surface area contributed by atoms with Gasteiger partial charge in [0.05, 0.1) is 5.58 Å². The van der Waals surface area contributed by atoms with Gasteiger partial charge in [0, 0.05) is 55.5 Å². The molecule has 5 aromatic heterocycles. The second-order valence-corrected chi connectivity index (χ2v) is 16.2. The quantitative estimate of drug-likeness (QED) is 0.165. The predicted octanol–water partition coefficient (Wildman–Crippen LogP) is 12.2. The second kappa shape index (κ2) is 14.3. The maximum Gasteiger partial charge on any atom is 0.216 e. The van der Waals surface area contributed by atoms with Crippen LogP contribution >= 0.6 is 0 Å². The van der Waals surface area contributed by atoms with Crippen molar-refractivity contribution in [2.45, 2.75) is 86.4 Å². The molecule has 0 amide bonds. The van der Waals surface area contributed by atoms with Crippen molar-refractivity contribution in [3.05, 3.63) is 120 Å². The summed E-state index contributed by atoms with van der Waals surface area (Å²) < 4.78 is 54.1. The number of aryl methyl sites for hydroxylation is 1. The van der Waals surface area contributed by atoms with Crippen molar-refractivity contribution >= 4 is 44.1 Å². The zero-order valence-corrected chi connectivity index (χ0v) is 33.9. The van der Waals surface area contributed by atoms with Gasteiger partial charge in [-0.05, 0) is 70.8 Å². The Balaban J connectivity index is 0.000000280. The van der Waals surface area contributed by atoms with Crippen LogP contribution in [0.3, 0.4) is 0 Å². The average Bonchev–Trinajstić information content (AvgIpc) is 3.76. The van der Waals surface area contributed by atoms with Gasteiger partial charge >= 0.3 is 0 Å². The van der Waals surface area contributed by atoms with Crippen molar-refractivity contribution in [2.24, 2.45) is 5.41 Å². The molecule has 0 bridgehead atoms. The van der Waals surface area contributed by atoms with Crippen molar-refractivity contribution in [1.82, 2.24) is 19.9 Å². The molecule has 3 aromatic carbocycles. The molecular formula is C46H46IrN4O2-2. The fourth-order valence-corrected chi connectivity index (χ4v) is 5.99. The van der Waals surface area contributed by atoms with Crippen LogP contribution < -0.4 is 0 Å². The van der Waals surface area contributed by atoms with Gasteiger partial charge in [-0.2, -0.15) is 0 Å². The zero-order valence-electron chi connectivity index (χ0n) is 36.5. The molecule has 0 saturated heterocycles. The van der Waals surface area contributed by atoms with Gasteiger partial charge < -0.3 is 18.8 Å². The van der Waals surface area contributed by atoms with Gasteiger partial charge in [-0.1, -0.05) is 91.0 Å². The Morgan fingerprint density at radius 2 is 1.57 bits per heavy atom. The molecule has 0 saturated carbocycles. The van der Waals surface area contributed by atoms with Crippen LogP contribution in [-0.4, -0.2) is 19.9 Å². The minimum absolute atomic E-state index is 0. The van der Waals surface area contributed by atoms with E-state index in [1.54, 1.807) is 26.8 Å². The molecule has 5 heterocycles. The number of nitrogens with zero attached hydrogens (tertiary/aromatic N) is 4. The van der Waals surface area contributed by atoms with E-state index >= 15 is 0 Å². The van der Waals surface area contributed by atoms with Gasteiger partial charge in [-0.3, -0.25) is 0 Å². The number of oxazole rings is 1. The summed E-state index contributed by atoms with van der Waals surface area (Å²) in [4.78, 5) is 18.4. The predicted molar refractivity (Wildman–Crippen MR) is 212 cm³/mol. The minimum atomic E-state index is -2.53. The maximum absolute atomic E-state index is 8.87. The largest absolute Gasteiger partial charge is 0.486 e. The van der Waals surface area contributed by atoms with Crippen LogP contribution in [0.2, 0.25) is 0 Å². The number of benzene rings is 3. The molecule has 273 valence electrons. The molecule has 6 nitrogen and oxygen atoms in total. The van der Waals surface area contributed by atoms with E-state index in [2.05, 4.69) is 55.0 Å². The van der Waals surface area contributed by atoms with E-state index in [0.717, 1.165) is 27.4 Å². The molecule has 0 fully saturated rings. The van der Waals surface area contributed by atoms with E-state index in [0.29, 0.717) is 45.1 Å². The standard InChI is InChI=1S/C31H30N3O2.C15H16N.Ir/c1-17-16-32-23(14-19(17)15-30(2,3)4)21-10-8-9-20-22-13-18-11-12-24-26(34-29(35-24)31(5,6)7)25(18)33-28(22)36-27(20)21;1-15(2,3)13-9-10-16-14(11-13)12-7-5-4-6-8-12;/h8-9,11-14,16H,15H2,1-7H3;4-7,9-11H,1-3H3;/q2*-1;/i1D3,15D2;;. The molecule has 0 aliphatic heterocycles. The molecule has 8 aromatic rings. The average molecular weight is 884 g/mol. The van der Waals surface area contributed by atoms with E-state index in [1.165, 1.54) is 17.8 Å². The Kier molecular flexibility index (Phi) is 8.55.